The van der Waals surface area contributed by atoms with Crippen LogP contribution in [0.4, 0.5) is 10.7 Å². The first-order valence-electron chi connectivity index (χ1n) is 8.04. The van der Waals surface area contributed by atoms with Crippen LogP contribution in [0.15, 0.2) is 24.3 Å². The monoisotopic (exact) mass is 380 g/mol. The second kappa shape index (κ2) is 8.87. The van der Waals surface area contributed by atoms with Crippen molar-refractivity contribution in [3.63, 3.8) is 0 Å². The molecule has 0 bridgehead atoms. The molecule has 1 amide bonds. The van der Waals surface area contributed by atoms with Gasteiger partial charge in [0.2, 0.25) is 5.91 Å². The lowest BCUT2D eigenvalue weighted by molar-refractivity contribution is -0.114. The van der Waals surface area contributed by atoms with Crippen molar-refractivity contribution >= 4 is 45.5 Å². The number of hydrogen-bond donors (Lipinski definition) is 2. The zero-order valence-electron chi connectivity index (χ0n) is 14.4. The van der Waals surface area contributed by atoms with Gasteiger partial charge in [0.15, 0.2) is 0 Å². The standard InChI is InChI=1S/C18H21ClN2O3S/c1-4-12-9-13(18(23)24-5-2)17(25-12)21-16(22)10-20-15-7-6-11(3)8-14(15)19/h6-9,20H,4-5,10H2,1-3H3,(H,21,22). The molecule has 0 aliphatic carbocycles. The molecule has 2 rings (SSSR count). The van der Waals surface area contributed by atoms with Gasteiger partial charge in [-0.15, -0.1) is 11.3 Å². The summed E-state index contributed by atoms with van der Waals surface area (Å²) in [5.41, 5.74) is 2.13. The second-order valence-corrected chi connectivity index (χ2v) is 6.96. The van der Waals surface area contributed by atoms with Crippen molar-refractivity contribution in [3.05, 3.63) is 45.3 Å². The lowest BCUT2D eigenvalue weighted by atomic mass is 10.2. The van der Waals surface area contributed by atoms with Crippen molar-refractivity contribution in [3.8, 4) is 0 Å². The van der Waals surface area contributed by atoms with Gasteiger partial charge in [-0.05, 0) is 44.0 Å². The Balaban J connectivity index is 2.04. The molecule has 0 aliphatic heterocycles. The molecule has 0 radical (unpaired) electrons. The molecule has 25 heavy (non-hydrogen) atoms. The summed E-state index contributed by atoms with van der Waals surface area (Å²) in [6.45, 7) is 6.02. The quantitative estimate of drug-likeness (QED) is 0.694. The fraction of sp³-hybridized carbons (Fsp3) is 0.333. The Kier molecular flexibility index (Phi) is 6.84. The smallest absolute Gasteiger partial charge is 0.341 e. The molecule has 134 valence electrons. The molecule has 0 aliphatic rings. The van der Waals surface area contributed by atoms with Gasteiger partial charge < -0.3 is 15.4 Å². The lowest BCUT2D eigenvalue weighted by Crippen LogP contribution is -2.22. The molecule has 0 saturated carbocycles. The maximum atomic E-state index is 12.2. The SMILES string of the molecule is CCOC(=O)c1cc(CC)sc1NC(=O)CNc1ccc(C)cc1Cl. The molecule has 1 heterocycles. The largest absolute Gasteiger partial charge is 0.462 e. The Bertz CT molecular complexity index is 774. The van der Waals surface area contributed by atoms with Crippen molar-refractivity contribution in [1.82, 2.24) is 0 Å². The second-order valence-electron chi connectivity index (χ2n) is 5.41. The van der Waals surface area contributed by atoms with Gasteiger partial charge in [-0.1, -0.05) is 24.6 Å². The number of halogens is 1. The van der Waals surface area contributed by atoms with Crippen LogP contribution in [0, 0.1) is 6.92 Å². The zero-order valence-corrected chi connectivity index (χ0v) is 16.0. The van der Waals surface area contributed by atoms with Crippen molar-refractivity contribution in [2.24, 2.45) is 0 Å². The molecule has 5 nitrogen and oxygen atoms in total. The van der Waals surface area contributed by atoms with Gasteiger partial charge >= 0.3 is 5.97 Å². The molecule has 2 N–H and O–H groups in total. The van der Waals surface area contributed by atoms with Crippen LogP contribution in [0.5, 0.6) is 0 Å². The molecule has 1 aromatic carbocycles. The average molecular weight is 381 g/mol. The topological polar surface area (TPSA) is 67.4 Å². The van der Waals surface area contributed by atoms with E-state index in [2.05, 4.69) is 10.6 Å². The van der Waals surface area contributed by atoms with Crippen LogP contribution in [0.2, 0.25) is 5.02 Å². The van der Waals surface area contributed by atoms with Gasteiger partial charge in [-0.2, -0.15) is 0 Å². The summed E-state index contributed by atoms with van der Waals surface area (Å²) in [6.07, 6.45) is 0.782. The Morgan fingerprint density at radius 1 is 1.24 bits per heavy atom. The van der Waals surface area contributed by atoms with Gasteiger partial charge in [0.05, 0.1) is 29.4 Å². The number of benzene rings is 1. The maximum Gasteiger partial charge on any atom is 0.341 e. The number of nitrogens with one attached hydrogen (secondary N) is 2. The number of esters is 1. The molecule has 2 aromatic rings. The van der Waals surface area contributed by atoms with Gasteiger partial charge in [0, 0.05) is 4.88 Å². The highest BCUT2D eigenvalue weighted by Crippen LogP contribution is 2.29. The molecule has 1 aromatic heterocycles. The van der Waals surface area contributed by atoms with Crippen molar-refractivity contribution in [2.75, 3.05) is 23.8 Å². The van der Waals surface area contributed by atoms with Crippen LogP contribution in [0.1, 0.15) is 34.6 Å². The highest BCUT2D eigenvalue weighted by atomic mass is 35.5. The van der Waals surface area contributed by atoms with Crippen molar-refractivity contribution in [1.29, 1.82) is 0 Å². The molecule has 7 heteroatoms. The van der Waals surface area contributed by atoms with Gasteiger partial charge in [0.25, 0.3) is 0 Å². The van der Waals surface area contributed by atoms with E-state index in [0.29, 0.717) is 21.3 Å². The molecule has 0 fully saturated rings. The summed E-state index contributed by atoms with van der Waals surface area (Å²) >= 11 is 7.53. The summed E-state index contributed by atoms with van der Waals surface area (Å²) in [5.74, 6) is -0.685. The summed E-state index contributed by atoms with van der Waals surface area (Å²) in [5, 5.41) is 6.85. The Labute approximate surface area is 156 Å². The maximum absolute atomic E-state index is 12.2. The fourth-order valence-electron chi connectivity index (χ4n) is 2.18. The van der Waals surface area contributed by atoms with Crippen LogP contribution in [0.3, 0.4) is 0 Å². The van der Waals surface area contributed by atoms with E-state index in [4.69, 9.17) is 16.3 Å². The minimum absolute atomic E-state index is 0.0460. The number of anilines is 2. The van der Waals surface area contributed by atoms with E-state index in [9.17, 15) is 9.59 Å². The van der Waals surface area contributed by atoms with E-state index in [1.165, 1.54) is 11.3 Å². The lowest BCUT2D eigenvalue weighted by Gasteiger charge is -2.10. The van der Waals surface area contributed by atoms with E-state index >= 15 is 0 Å². The van der Waals surface area contributed by atoms with Crippen LogP contribution in [-0.4, -0.2) is 25.0 Å². The van der Waals surface area contributed by atoms with Gasteiger partial charge in [-0.25, -0.2) is 4.79 Å². The van der Waals surface area contributed by atoms with Crippen molar-refractivity contribution < 1.29 is 14.3 Å². The minimum atomic E-state index is -0.428. The van der Waals surface area contributed by atoms with Crippen LogP contribution in [0.25, 0.3) is 0 Å². The number of hydrogen-bond acceptors (Lipinski definition) is 5. The zero-order chi connectivity index (χ0) is 18.4. The molecular weight excluding hydrogens is 360 g/mol. The number of thiophene rings is 1. The first-order chi connectivity index (χ1) is 11.9. The molecule has 0 saturated heterocycles. The van der Waals surface area contributed by atoms with Crippen LogP contribution < -0.4 is 10.6 Å². The van der Waals surface area contributed by atoms with Gasteiger partial charge in [-0.3, -0.25) is 4.79 Å². The summed E-state index contributed by atoms with van der Waals surface area (Å²) in [6, 6.07) is 7.34. The number of amides is 1. The third kappa shape index (κ3) is 5.21. The summed E-state index contributed by atoms with van der Waals surface area (Å²) < 4.78 is 5.05. The van der Waals surface area contributed by atoms with Crippen LogP contribution in [-0.2, 0) is 16.0 Å². The first-order valence-corrected chi connectivity index (χ1v) is 9.23. The third-order valence-electron chi connectivity index (χ3n) is 3.44. The van der Waals surface area contributed by atoms with E-state index < -0.39 is 5.97 Å². The van der Waals surface area contributed by atoms with Gasteiger partial charge in [0.1, 0.15) is 5.00 Å². The number of carbonyl (C=O) groups is 2. The predicted octanol–water partition coefficient (Wildman–Crippen LogP) is 4.50. The Morgan fingerprint density at radius 3 is 2.64 bits per heavy atom. The number of aryl methyl sites for hydroxylation is 2. The first kappa shape index (κ1) is 19.3. The summed E-state index contributed by atoms with van der Waals surface area (Å²) in [7, 11) is 0. The van der Waals surface area contributed by atoms with E-state index in [1.807, 2.05) is 32.0 Å². The van der Waals surface area contributed by atoms with E-state index in [-0.39, 0.29) is 19.1 Å². The van der Waals surface area contributed by atoms with E-state index in [0.717, 1.165) is 16.9 Å². The number of carbonyl (C=O) groups excluding carboxylic acids is 2. The average Bonchev–Trinajstić information content (AvgIpc) is 2.97. The highest BCUT2D eigenvalue weighted by molar-refractivity contribution is 7.16. The Hall–Kier alpha value is -2.05. The third-order valence-corrected chi connectivity index (χ3v) is 4.95. The van der Waals surface area contributed by atoms with Crippen LogP contribution >= 0.6 is 22.9 Å². The molecule has 0 unspecified atom stereocenters. The predicted molar refractivity (Wildman–Crippen MR) is 103 cm³/mol. The normalized spacial score (nSPS) is 10.4. The highest BCUT2D eigenvalue weighted by Gasteiger charge is 2.18. The van der Waals surface area contributed by atoms with E-state index in [1.54, 1.807) is 13.0 Å². The number of ether oxygens (including phenoxy) is 1. The fourth-order valence-corrected chi connectivity index (χ4v) is 3.48. The molecule has 0 atom stereocenters. The molecule has 0 spiro atoms. The molecular formula is C18H21ClN2O3S. The summed E-state index contributed by atoms with van der Waals surface area (Å²) in [4.78, 5) is 25.3. The Morgan fingerprint density at radius 2 is 2.00 bits per heavy atom. The number of rotatable bonds is 7. The minimum Gasteiger partial charge on any atom is -0.462 e. The van der Waals surface area contributed by atoms with Crippen molar-refractivity contribution in [2.45, 2.75) is 27.2 Å².